The largest absolute Gasteiger partial charge is 0.469 e. The third-order valence-corrected chi connectivity index (χ3v) is 4.71. The van der Waals surface area contributed by atoms with Gasteiger partial charge >= 0.3 is 11.9 Å². The van der Waals surface area contributed by atoms with Crippen molar-refractivity contribution in [2.75, 3.05) is 13.7 Å². The highest BCUT2D eigenvalue weighted by Crippen LogP contribution is 2.26. The zero-order valence-corrected chi connectivity index (χ0v) is 18.4. The Bertz CT molecular complexity index is 865. The Labute approximate surface area is 183 Å². The van der Waals surface area contributed by atoms with Gasteiger partial charge in [0.1, 0.15) is 12.5 Å². The van der Waals surface area contributed by atoms with Crippen LogP contribution in [-0.2, 0) is 23.9 Å². The molecule has 0 saturated heterocycles. The summed E-state index contributed by atoms with van der Waals surface area (Å²) < 4.78 is 9.91. The quantitative estimate of drug-likeness (QED) is 0.449. The molecule has 0 N–H and O–H groups in total. The fourth-order valence-corrected chi connectivity index (χ4v) is 3.22. The second-order valence-electron chi connectivity index (χ2n) is 7.27. The molecular weight excluding hydrogens is 394 g/mol. The number of ether oxygens (including phenoxy) is 2. The highest BCUT2D eigenvalue weighted by Gasteiger charge is 2.34. The molecule has 1 amide bonds. The Morgan fingerprint density at radius 3 is 1.87 bits per heavy atom. The van der Waals surface area contributed by atoms with E-state index in [0.717, 1.165) is 16.7 Å². The third kappa shape index (κ3) is 6.54. The van der Waals surface area contributed by atoms with E-state index >= 15 is 0 Å². The fourth-order valence-electron chi connectivity index (χ4n) is 3.22. The van der Waals surface area contributed by atoms with Gasteiger partial charge in [-0.2, -0.15) is 0 Å². The van der Waals surface area contributed by atoms with Gasteiger partial charge in [-0.1, -0.05) is 74.5 Å². The molecule has 0 radical (unpaired) electrons. The molecule has 0 bridgehead atoms. The average Bonchev–Trinajstić information content (AvgIpc) is 2.77. The predicted molar refractivity (Wildman–Crippen MR) is 119 cm³/mol. The van der Waals surface area contributed by atoms with Crippen molar-refractivity contribution >= 4 is 23.4 Å². The van der Waals surface area contributed by atoms with Gasteiger partial charge in [-0.3, -0.25) is 9.59 Å². The fraction of sp³-hybridized carbons (Fsp3) is 0.320. The smallest absolute Gasteiger partial charge is 0.329 e. The molecule has 2 rings (SSSR count). The monoisotopic (exact) mass is 423 g/mol. The van der Waals surface area contributed by atoms with Crippen molar-refractivity contribution in [1.29, 1.82) is 0 Å². The van der Waals surface area contributed by atoms with Crippen LogP contribution < -0.4 is 0 Å². The first-order chi connectivity index (χ1) is 14.9. The first-order valence-corrected chi connectivity index (χ1v) is 10.3. The molecule has 2 aromatic carbocycles. The summed E-state index contributed by atoms with van der Waals surface area (Å²) in [7, 11) is 1.22. The van der Waals surface area contributed by atoms with E-state index in [1.807, 2.05) is 74.5 Å². The lowest BCUT2D eigenvalue weighted by Crippen LogP contribution is -2.46. The topological polar surface area (TPSA) is 72.9 Å². The van der Waals surface area contributed by atoms with Crippen molar-refractivity contribution in [1.82, 2.24) is 4.90 Å². The lowest BCUT2D eigenvalue weighted by Gasteiger charge is -2.31. The lowest BCUT2D eigenvalue weighted by atomic mass is 9.97. The van der Waals surface area contributed by atoms with Crippen LogP contribution in [0, 0.1) is 5.92 Å². The number of hydrogen-bond donors (Lipinski definition) is 0. The van der Waals surface area contributed by atoms with Crippen molar-refractivity contribution in [3.05, 3.63) is 78.0 Å². The van der Waals surface area contributed by atoms with E-state index < -0.39 is 30.3 Å². The van der Waals surface area contributed by atoms with E-state index in [1.165, 1.54) is 12.0 Å². The minimum atomic E-state index is -0.889. The highest BCUT2D eigenvalue weighted by atomic mass is 16.5. The number of nitrogens with zero attached hydrogens (tertiary/aromatic N) is 1. The standard InChI is InChI=1S/C25H29NO5/c1-5-31-25(29)24(18(2)3)26(22(27)16-23(28)30-4)17-21(19-12-8-6-9-13-19)20-14-10-7-11-15-20/h6-15,17-18,24H,5,16H2,1-4H3/t24-/m0/s1. The summed E-state index contributed by atoms with van der Waals surface area (Å²) in [5, 5.41) is 0. The Kier molecular flexibility index (Phi) is 9.00. The summed E-state index contributed by atoms with van der Waals surface area (Å²) in [6, 6.07) is 18.2. The summed E-state index contributed by atoms with van der Waals surface area (Å²) >= 11 is 0. The number of amides is 1. The lowest BCUT2D eigenvalue weighted by molar-refractivity contribution is -0.157. The predicted octanol–water partition coefficient (Wildman–Crippen LogP) is 4.06. The summed E-state index contributed by atoms with van der Waals surface area (Å²) in [6.07, 6.45) is 1.16. The molecule has 6 nitrogen and oxygen atoms in total. The molecule has 0 fully saturated rings. The van der Waals surface area contributed by atoms with Gasteiger partial charge in [0.2, 0.25) is 5.91 Å². The summed E-state index contributed by atoms with van der Waals surface area (Å²) in [4.78, 5) is 39.1. The maximum absolute atomic E-state index is 13.1. The minimum Gasteiger partial charge on any atom is -0.469 e. The SMILES string of the molecule is CCOC(=O)[C@H](C(C)C)N(C=C(c1ccccc1)c1ccccc1)C(=O)CC(=O)OC. The van der Waals surface area contributed by atoms with Gasteiger partial charge in [0.25, 0.3) is 0 Å². The van der Waals surface area contributed by atoms with Crippen LogP contribution >= 0.6 is 0 Å². The van der Waals surface area contributed by atoms with Crippen molar-refractivity contribution in [3.63, 3.8) is 0 Å². The zero-order valence-electron chi connectivity index (χ0n) is 18.4. The molecule has 0 aromatic heterocycles. The highest BCUT2D eigenvalue weighted by molar-refractivity contribution is 5.97. The molecule has 31 heavy (non-hydrogen) atoms. The molecular formula is C25H29NO5. The molecule has 164 valence electrons. The summed E-state index contributed by atoms with van der Waals surface area (Å²) in [5.74, 6) is -1.98. The van der Waals surface area contributed by atoms with E-state index in [1.54, 1.807) is 13.1 Å². The first-order valence-electron chi connectivity index (χ1n) is 10.3. The number of methoxy groups -OCH3 is 1. The van der Waals surface area contributed by atoms with Gasteiger partial charge in [-0.25, -0.2) is 4.79 Å². The van der Waals surface area contributed by atoms with Crippen LogP contribution in [0.2, 0.25) is 0 Å². The van der Waals surface area contributed by atoms with Crippen LogP contribution in [0.1, 0.15) is 38.3 Å². The maximum atomic E-state index is 13.1. The number of rotatable bonds is 9. The van der Waals surface area contributed by atoms with Crippen molar-refractivity contribution in [2.24, 2.45) is 5.92 Å². The second-order valence-corrected chi connectivity index (χ2v) is 7.27. The van der Waals surface area contributed by atoms with Gasteiger partial charge in [0, 0.05) is 11.8 Å². The zero-order chi connectivity index (χ0) is 22.8. The van der Waals surface area contributed by atoms with Crippen molar-refractivity contribution in [2.45, 2.75) is 33.2 Å². The number of carbonyl (C=O) groups excluding carboxylic acids is 3. The van der Waals surface area contributed by atoms with Gasteiger partial charge in [0.05, 0.1) is 13.7 Å². The van der Waals surface area contributed by atoms with Crippen LogP contribution in [-0.4, -0.2) is 42.5 Å². The molecule has 0 spiro atoms. The molecule has 0 saturated carbocycles. The van der Waals surface area contributed by atoms with Crippen LogP contribution in [0.4, 0.5) is 0 Å². The first kappa shape index (κ1) is 23.9. The molecule has 1 atom stereocenters. The molecule has 0 heterocycles. The molecule has 0 unspecified atom stereocenters. The van der Waals surface area contributed by atoms with Crippen molar-refractivity contribution in [3.8, 4) is 0 Å². The van der Waals surface area contributed by atoms with Crippen LogP contribution in [0.25, 0.3) is 5.57 Å². The minimum absolute atomic E-state index is 0.190. The molecule has 0 aliphatic carbocycles. The van der Waals surface area contributed by atoms with E-state index in [-0.39, 0.29) is 12.5 Å². The van der Waals surface area contributed by atoms with Gasteiger partial charge in [-0.15, -0.1) is 0 Å². The third-order valence-electron chi connectivity index (χ3n) is 4.71. The van der Waals surface area contributed by atoms with Gasteiger partial charge < -0.3 is 14.4 Å². The van der Waals surface area contributed by atoms with Gasteiger partial charge in [-0.05, 0) is 24.0 Å². The Morgan fingerprint density at radius 2 is 1.45 bits per heavy atom. The summed E-state index contributed by atoms with van der Waals surface area (Å²) in [6.45, 7) is 5.57. The van der Waals surface area contributed by atoms with Crippen LogP contribution in [0.3, 0.4) is 0 Å². The number of benzene rings is 2. The average molecular weight is 424 g/mol. The Balaban J connectivity index is 2.65. The Morgan fingerprint density at radius 1 is 0.935 bits per heavy atom. The van der Waals surface area contributed by atoms with Gasteiger partial charge in [0.15, 0.2) is 0 Å². The molecule has 6 heteroatoms. The number of carbonyl (C=O) groups is 3. The van der Waals surface area contributed by atoms with E-state index in [4.69, 9.17) is 4.74 Å². The van der Waals surface area contributed by atoms with Crippen molar-refractivity contribution < 1.29 is 23.9 Å². The van der Waals surface area contributed by atoms with Crippen LogP contribution in [0.15, 0.2) is 66.9 Å². The normalized spacial score (nSPS) is 11.4. The molecule has 0 aliphatic heterocycles. The van der Waals surface area contributed by atoms with E-state index in [0.29, 0.717) is 0 Å². The maximum Gasteiger partial charge on any atom is 0.329 e. The van der Waals surface area contributed by atoms with E-state index in [9.17, 15) is 14.4 Å². The number of hydrogen-bond acceptors (Lipinski definition) is 5. The summed E-state index contributed by atoms with van der Waals surface area (Å²) in [5.41, 5.74) is 2.49. The van der Waals surface area contributed by atoms with Crippen LogP contribution in [0.5, 0.6) is 0 Å². The molecule has 2 aromatic rings. The second kappa shape index (κ2) is 11.7. The number of esters is 2. The Hall–Kier alpha value is -3.41. The van der Waals surface area contributed by atoms with E-state index in [2.05, 4.69) is 4.74 Å². The molecule has 0 aliphatic rings.